The quantitative estimate of drug-likeness (QED) is 0.803. The minimum atomic E-state index is 0.243. The normalized spacial score (nSPS) is 14.1. The maximum absolute atomic E-state index is 5.67. The Bertz CT molecular complexity index is 379. The van der Waals surface area contributed by atoms with Crippen LogP contribution in [0.2, 0.25) is 0 Å². The highest BCUT2D eigenvalue weighted by atomic mass is 15.3. The number of hydrogen-bond donors (Lipinski definition) is 2. The van der Waals surface area contributed by atoms with Crippen molar-refractivity contribution >= 4 is 17.8 Å². The van der Waals surface area contributed by atoms with Crippen molar-refractivity contribution in [3.05, 3.63) is 0 Å². The molecule has 1 aromatic rings. The van der Waals surface area contributed by atoms with Gasteiger partial charge >= 0.3 is 0 Å². The zero-order valence-electron chi connectivity index (χ0n) is 11.9. The zero-order valence-corrected chi connectivity index (χ0v) is 11.9. The van der Waals surface area contributed by atoms with Crippen LogP contribution in [0.15, 0.2) is 0 Å². The number of anilines is 3. The molecule has 0 radical (unpaired) electrons. The van der Waals surface area contributed by atoms with E-state index in [1.165, 1.54) is 6.42 Å². The van der Waals surface area contributed by atoms with Crippen molar-refractivity contribution in [3.63, 3.8) is 0 Å². The summed E-state index contributed by atoms with van der Waals surface area (Å²) in [4.78, 5) is 14.3. The van der Waals surface area contributed by atoms with Crippen LogP contribution in [0.4, 0.5) is 17.8 Å². The molecule has 0 amide bonds. The Kier molecular flexibility index (Phi) is 5.12. The van der Waals surface area contributed by atoms with E-state index in [1.54, 1.807) is 0 Å². The third kappa shape index (κ3) is 4.35. The van der Waals surface area contributed by atoms with Crippen molar-refractivity contribution < 1.29 is 0 Å². The van der Waals surface area contributed by atoms with E-state index < -0.39 is 0 Å². The number of hydrogen-bond acceptors (Lipinski definition) is 6. The van der Waals surface area contributed by atoms with Crippen LogP contribution in [-0.4, -0.2) is 35.1 Å². The first-order chi connectivity index (χ1) is 8.42. The highest BCUT2D eigenvalue weighted by Gasteiger charge is 2.11. The number of nitrogens with one attached hydrogen (secondary N) is 1. The molecule has 1 rings (SSSR count). The lowest BCUT2D eigenvalue weighted by Gasteiger charge is -2.18. The van der Waals surface area contributed by atoms with Gasteiger partial charge in [0.2, 0.25) is 17.8 Å². The van der Waals surface area contributed by atoms with Gasteiger partial charge < -0.3 is 16.0 Å². The van der Waals surface area contributed by atoms with Crippen molar-refractivity contribution in [3.8, 4) is 0 Å². The van der Waals surface area contributed by atoms with Gasteiger partial charge in [0, 0.05) is 20.1 Å². The van der Waals surface area contributed by atoms with Crippen molar-refractivity contribution in [1.29, 1.82) is 0 Å². The monoisotopic (exact) mass is 252 g/mol. The van der Waals surface area contributed by atoms with Gasteiger partial charge in [0.15, 0.2) is 0 Å². The molecule has 1 aromatic heterocycles. The van der Waals surface area contributed by atoms with Gasteiger partial charge in [0.25, 0.3) is 0 Å². The van der Waals surface area contributed by atoms with E-state index in [0.29, 0.717) is 23.9 Å². The summed E-state index contributed by atoms with van der Waals surface area (Å²) in [5.74, 6) is 2.04. The van der Waals surface area contributed by atoms with E-state index in [0.717, 1.165) is 6.42 Å². The van der Waals surface area contributed by atoms with Crippen molar-refractivity contribution in [1.82, 2.24) is 15.0 Å². The van der Waals surface area contributed by atoms with Gasteiger partial charge in [0.05, 0.1) is 0 Å². The first-order valence-corrected chi connectivity index (χ1v) is 6.37. The van der Waals surface area contributed by atoms with E-state index in [1.807, 2.05) is 19.0 Å². The van der Waals surface area contributed by atoms with Crippen LogP contribution in [0.3, 0.4) is 0 Å². The minimum Gasteiger partial charge on any atom is -0.368 e. The number of nitrogens with zero attached hydrogens (tertiary/aromatic N) is 4. The topological polar surface area (TPSA) is 80.0 Å². The van der Waals surface area contributed by atoms with E-state index in [4.69, 9.17) is 5.73 Å². The second-order valence-corrected chi connectivity index (χ2v) is 5.01. The Morgan fingerprint density at radius 1 is 1.22 bits per heavy atom. The summed E-state index contributed by atoms with van der Waals surface area (Å²) in [5, 5.41) is 3.27. The third-order valence-electron chi connectivity index (χ3n) is 2.87. The lowest BCUT2D eigenvalue weighted by molar-refractivity contribution is 0.482. The SMILES string of the molecule is CCC(C)CC(C)Nc1nc(N)nc(N(C)C)n1. The molecular formula is C12H24N6. The fourth-order valence-electron chi connectivity index (χ4n) is 1.69. The summed E-state index contributed by atoms with van der Waals surface area (Å²) in [6.07, 6.45) is 2.26. The molecule has 0 aliphatic heterocycles. The molecule has 0 aromatic carbocycles. The summed E-state index contributed by atoms with van der Waals surface area (Å²) in [7, 11) is 3.75. The molecular weight excluding hydrogens is 228 g/mol. The lowest BCUT2D eigenvalue weighted by Crippen LogP contribution is -2.22. The molecule has 0 aliphatic carbocycles. The molecule has 2 unspecified atom stereocenters. The van der Waals surface area contributed by atoms with E-state index in [9.17, 15) is 0 Å². The van der Waals surface area contributed by atoms with Crippen molar-refractivity contribution in [2.24, 2.45) is 5.92 Å². The Balaban J connectivity index is 2.72. The first-order valence-electron chi connectivity index (χ1n) is 6.37. The number of rotatable bonds is 6. The highest BCUT2D eigenvalue weighted by molar-refractivity contribution is 5.41. The summed E-state index contributed by atoms with van der Waals surface area (Å²) >= 11 is 0. The van der Waals surface area contributed by atoms with Crippen LogP contribution in [-0.2, 0) is 0 Å². The van der Waals surface area contributed by atoms with Crippen LogP contribution in [0.5, 0.6) is 0 Å². The molecule has 2 atom stereocenters. The molecule has 0 bridgehead atoms. The lowest BCUT2D eigenvalue weighted by atomic mass is 10.0. The van der Waals surface area contributed by atoms with Crippen molar-refractivity contribution in [2.45, 2.75) is 39.7 Å². The Morgan fingerprint density at radius 3 is 2.44 bits per heavy atom. The third-order valence-corrected chi connectivity index (χ3v) is 2.87. The first kappa shape index (κ1) is 14.5. The minimum absolute atomic E-state index is 0.243. The average molecular weight is 252 g/mol. The Morgan fingerprint density at radius 2 is 1.89 bits per heavy atom. The van der Waals surface area contributed by atoms with Gasteiger partial charge in [-0.1, -0.05) is 20.3 Å². The second kappa shape index (κ2) is 6.37. The van der Waals surface area contributed by atoms with Gasteiger partial charge in [-0.3, -0.25) is 0 Å². The fourth-order valence-corrected chi connectivity index (χ4v) is 1.69. The number of aromatic nitrogens is 3. The smallest absolute Gasteiger partial charge is 0.231 e. The highest BCUT2D eigenvalue weighted by Crippen LogP contribution is 2.14. The molecule has 1 heterocycles. The van der Waals surface area contributed by atoms with Gasteiger partial charge in [0.1, 0.15) is 0 Å². The van der Waals surface area contributed by atoms with Crippen LogP contribution in [0.1, 0.15) is 33.6 Å². The maximum atomic E-state index is 5.67. The van der Waals surface area contributed by atoms with Gasteiger partial charge in [-0.15, -0.1) is 0 Å². The van der Waals surface area contributed by atoms with E-state index in [2.05, 4.69) is 41.0 Å². The van der Waals surface area contributed by atoms with Crippen molar-refractivity contribution in [2.75, 3.05) is 30.0 Å². The molecule has 0 saturated heterocycles. The van der Waals surface area contributed by atoms with E-state index >= 15 is 0 Å². The molecule has 0 aliphatic rings. The summed E-state index contributed by atoms with van der Waals surface area (Å²) < 4.78 is 0. The number of nitrogens with two attached hydrogens (primary N) is 1. The summed E-state index contributed by atoms with van der Waals surface area (Å²) in [6.45, 7) is 6.56. The molecule has 6 nitrogen and oxygen atoms in total. The standard InChI is InChI=1S/C12H24N6/c1-6-8(2)7-9(3)14-11-15-10(13)16-12(17-11)18(4)5/h8-9H,6-7H2,1-5H3,(H3,13,14,15,16,17). The van der Waals surface area contributed by atoms with Crippen LogP contribution in [0.25, 0.3) is 0 Å². The molecule has 102 valence electrons. The van der Waals surface area contributed by atoms with Gasteiger partial charge in [-0.2, -0.15) is 15.0 Å². The molecule has 0 spiro atoms. The molecule has 0 fully saturated rings. The molecule has 3 N–H and O–H groups in total. The molecule has 0 saturated carbocycles. The fraction of sp³-hybridized carbons (Fsp3) is 0.750. The molecule has 6 heteroatoms. The average Bonchev–Trinajstić information content (AvgIpc) is 2.27. The zero-order chi connectivity index (χ0) is 13.7. The van der Waals surface area contributed by atoms with Gasteiger partial charge in [-0.25, -0.2) is 0 Å². The summed E-state index contributed by atoms with van der Waals surface area (Å²) in [6, 6.07) is 0.316. The summed E-state index contributed by atoms with van der Waals surface area (Å²) in [5.41, 5.74) is 5.67. The Hall–Kier alpha value is -1.59. The Labute approximate surface area is 109 Å². The predicted octanol–water partition coefficient (Wildman–Crippen LogP) is 1.76. The van der Waals surface area contributed by atoms with Crippen LogP contribution in [0, 0.1) is 5.92 Å². The largest absolute Gasteiger partial charge is 0.368 e. The van der Waals surface area contributed by atoms with Gasteiger partial charge in [-0.05, 0) is 19.3 Å². The second-order valence-electron chi connectivity index (χ2n) is 5.01. The maximum Gasteiger partial charge on any atom is 0.231 e. The predicted molar refractivity (Wildman–Crippen MR) is 75.7 cm³/mol. The molecule has 18 heavy (non-hydrogen) atoms. The number of nitrogen functional groups attached to an aromatic ring is 1. The van der Waals surface area contributed by atoms with E-state index in [-0.39, 0.29) is 5.95 Å². The van der Waals surface area contributed by atoms with Crippen LogP contribution < -0.4 is 16.0 Å². The van der Waals surface area contributed by atoms with Crippen LogP contribution >= 0.6 is 0 Å².